The summed E-state index contributed by atoms with van der Waals surface area (Å²) >= 11 is 0. The molecule has 1 saturated heterocycles. The average Bonchev–Trinajstić information content (AvgIpc) is 2.61. The second-order valence-electron chi connectivity index (χ2n) is 5.39. The van der Waals surface area contributed by atoms with Crippen LogP contribution < -0.4 is 9.47 Å². The van der Waals surface area contributed by atoms with Crippen LogP contribution in [0.4, 0.5) is 0 Å². The van der Waals surface area contributed by atoms with E-state index >= 15 is 0 Å². The third kappa shape index (κ3) is 2.90. The van der Waals surface area contributed by atoms with Gasteiger partial charge in [-0.2, -0.15) is 5.10 Å². The van der Waals surface area contributed by atoms with Gasteiger partial charge in [0.1, 0.15) is 0 Å². The summed E-state index contributed by atoms with van der Waals surface area (Å²) in [5.41, 5.74) is 1.71. The van der Waals surface area contributed by atoms with Gasteiger partial charge in [-0.1, -0.05) is 30.3 Å². The molecule has 1 aliphatic heterocycles. The maximum atomic E-state index is 11.9. The van der Waals surface area contributed by atoms with Crippen LogP contribution in [-0.2, 0) is 4.79 Å². The predicted molar refractivity (Wildman–Crippen MR) is 89.5 cm³/mol. The number of hydrazone groups is 1. The first-order valence-corrected chi connectivity index (χ1v) is 7.50. The summed E-state index contributed by atoms with van der Waals surface area (Å²) in [5.74, 6) is 0.466. The van der Waals surface area contributed by atoms with Gasteiger partial charge in [-0.05, 0) is 17.7 Å². The lowest BCUT2D eigenvalue weighted by atomic mass is 9.96. The lowest BCUT2D eigenvalue weighted by Gasteiger charge is -2.36. The van der Waals surface area contributed by atoms with Gasteiger partial charge in [0.05, 0.1) is 32.9 Å². The van der Waals surface area contributed by atoms with Gasteiger partial charge in [-0.3, -0.25) is 4.79 Å². The van der Waals surface area contributed by atoms with Gasteiger partial charge in [0, 0.05) is 5.56 Å². The molecule has 0 radical (unpaired) electrons. The van der Waals surface area contributed by atoms with Crippen LogP contribution in [0.15, 0.2) is 47.6 Å². The van der Waals surface area contributed by atoms with Crippen molar-refractivity contribution >= 4 is 12.1 Å². The number of methoxy groups -OCH3 is 2. The molecule has 0 spiro atoms. The lowest BCUT2D eigenvalue weighted by Crippen LogP contribution is -2.42. The maximum absolute atomic E-state index is 11.9. The average molecular weight is 326 g/mol. The van der Waals surface area contributed by atoms with Gasteiger partial charge in [0.15, 0.2) is 11.5 Å². The van der Waals surface area contributed by atoms with Crippen molar-refractivity contribution in [2.75, 3.05) is 14.2 Å². The maximum Gasteiger partial charge on any atom is 0.245 e. The van der Waals surface area contributed by atoms with Crippen molar-refractivity contribution < 1.29 is 19.4 Å². The molecule has 24 heavy (non-hydrogen) atoms. The Kier molecular flexibility index (Phi) is 4.37. The van der Waals surface area contributed by atoms with Crippen LogP contribution in [0.1, 0.15) is 23.6 Å². The fraction of sp³-hybridized carbons (Fsp3) is 0.222. The number of hydrogen-bond donors (Lipinski definition) is 1. The molecular weight excluding hydrogens is 308 g/mol. The third-order valence-electron chi connectivity index (χ3n) is 3.94. The van der Waals surface area contributed by atoms with E-state index in [0.717, 1.165) is 5.56 Å². The van der Waals surface area contributed by atoms with Crippen LogP contribution in [0.2, 0.25) is 0 Å². The molecule has 2 aromatic rings. The highest BCUT2D eigenvalue weighted by Gasteiger charge is 2.37. The van der Waals surface area contributed by atoms with Crippen molar-refractivity contribution in [1.29, 1.82) is 0 Å². The number of hydrogen-bond acceptors (Lipinski definition) is 5. The molecule has 1 fully saturated rings. The molecule has 0 saturated carbocycles. The van der Waals surface area contributed by atoms with E-state index in [1.807, 2.05) is 30.3 Å². The van der Waals surface area contributed by atoms with Crippen LogP contribution in [0.25, 0.3) is 0 Å². The molecule has 6 nitrogen and oxygen atoms in total. The van der Waals surface area contributed by atoms with Gasteiger partial charge >= 0.3 is 0 Å². The number of benzene rings is 2. The first kappa shape index (κ1) is 15.9. The minimum Gasteiger partial charge on any atom is -0.502 e. The molecule has 1 heterocycles. The molecule has 2 aromatic carbocycles. The Morgan fingerprint density at radius 3 is 2.33 bits per heavy atom. The Bertz CT molecular complexity index is 749. The second-order valence-corrected chi connectivity index (χ2v) is 5.39. The molecule has 3 rings (SSSR count). The van der Waals surface area contributed by atoms with Crippen molar-refractivity contribution in [3.8, 4) is 17.2 Å². The minimum atomic E-state index is -0.0701. The monoisotopic (exact) mass is 326 g/mol. The number of rotatable bonds is 5. The number of phenols is 1. The number of phenolic OH excluding ortho intramolecular Hbond substituents is 1. The number of carbonyl (C=O) groups excluding carboxylic acids is 1. The summed E-state index contributed by atoms with van der Waals surface area (Å²) < 4.78 is 10.2. The molecule has 0 aromatic heterocycles. The van der Waals surface area contributed by atoms with Crippen molar-refractivity contribution in [3.63, 3.8) is 0 Å². The molecule has 124 valence electrons. The number of carbonyl (C=O) groups is 1. The predicted octanol–water partition coefficient (Wildman–Crippen LogP) is 2.72. The number of ether oxygens (including phenoxy) is 2. The smallest absolute Gasteiger partial charge is 0.245 e. The first-order chi connectivity index (χ1) is 11.6. The number of amides is 1. The Morgan fingerprint density at radius 2 is 1.79 bits per heavy atom. The van der Waals surface area contributed by atoms with Crippen molar-refractivity contribution in [3.05, 3.63) is 53.6 Å². The summed E-state index contributed by atoms with van der Waals surface area (Å²) in [6, 6.07) is 13.0. The number of aromatic hydroxyl groups is 1. The quantitative estimate of drug-likeness (QED) is 0.677. The van der Waals surface area contributed by atoms with Gasteiger partial charge in [-0.15, -0.1) is 0 Å². The van der Waals surface area contributed by atoms with E-state index in [2.05, 4.69) is 5.10 Å². The van der Waals surface area contributed by atoms with E-state index in [0.29, 0.717) is 12.0 Å². The second kappa shape index (κ2) is 6.62. The zero-order valence-corrected chi connectivity index (χ0v) is 13.5. The number of β-lactam (4-membered cyclic amide) rings is 1. The Hall–Kier alpha value is -3.02. The van der Waals surface area contributed by atoms with Crippen LogP contribution in [0.5, 0.6) is 17.2 Å². The van der Waals surface area contributed by atoms with E-state index in [-0.39, 0.29) is 29.2 Å². The molecule has 0 unspecified atom stereocenters. The Labute approximate surface area is 139 Å². The molecule has 1 amide bonds. The molecule has 6 heteroatoms. The van der Waals surface area contributed by atoms with Crippen LogP contribution in [0.3, 0.4) is 0 Å². The summed E-state index contributed by atoms with van der Waals surface area (Å²) in [7, 11) is 2.92. The van der Waals surface area contributed by atoms with Crippen molar-refractivity contribution in [1.82, 2.24) is 5.01 Å². The lowest BCUT2D eigenvalue weighted by molar-refractivity contribution is -0.146. The summed E-state index contributed by atoms with van der Waals surface area (Å²) in [4.78, 5) is 11.9. The molecule has 1 atom stereocenters. The zero-order chi connectivity index (χ0) is 17.1. The largest absolute Gasteiger partial charge is 0.502 e. The molecule has 0 aliphatic carbocycles. The summed E-state index contributed by atoms with van der Waals surface area (Å²) in [6.07, 6.45) is 2.00. The topological polar surface area (TPSA) is 71.4 Å². The summed E-state index contributed by atoms with van der Waals surface area (Å²) in [5, 5.41) is 15.7. The molecular formula is C18H18N2O4. The summed E-state index contributed by atoms with van der Waals surface area (Å²) in [6.45, 7) is 0. The van der Waals surface area contributed by atoms with Gasteiger partial charge in [0.25, 0.3) is 0 Å². The zero-order valence-electron chi connectivity index (χ0n) is 13.5. The van der Waals surface area contributed by atoms with E-state index in [1.54, 1.807) is 18.3 Å². The van der Waals surface area contributed by atoms with E-state index in [9.17, 15) is 9.90 Å². The van der Waals surface area contributed by atoms with E-state index in [1.165, 1.54) is 19.2 Å². The van der Waals surface area contributed by atoms with E-state index < -0.39 is 0 Å². The third-order valence-corrected chi connectivity index (χ3v) is 3.94. The van der Waals surface area contributed by atoms with Gasteiger partial charge in [0.2, 0.25) is 11.7 Å². The van der Waals surface area contributed by atoms with Gasteiger partial charge in [-0.25, -0.2) is 5.01 Å². The Morgan fingerprint density at radius 1 is 1.17 bits per heavy atom. The highest BCUT2D eigenvalue weighted by atomic mass is 16.5. The molecule has 1 N–H and O–H groups in total. The number of nitrogens with zero attached hydrogens (tertiary/aromatic N) is 2. The van der Waals surface area contributed by atoms with Crippen molar-refractivity contribution in [2.45, 2.75) is 12.5 Å². The van der Waals surface area contributed by atoms with Crippen LogP contribution >= 0.6 is 0 Å². The first-order valence-electron chi connectivity index (χ1n) is 7.50. The van der Waals surface area contributed by atoms with Crippen molar-refractivity contribution in [2.24, 2.45) is 5.10 Å². The van der Waals surface area contributed by atoms with Crippen LogP contribution in [-0.4, -0.2) is 36.5 Å². The molecule has 0 bridgehead atoms. The SMILES string of the molecule is COc1cc(/C=N\N2C(=O)C[C@@H]2c2ccccc2)cc(OC)c1O. The van der Waals surface area contributed by atoms with Gasteiger partial charge < -0.3 is 14.6 Å². The highest BCUT2D eigenvalue weighted by molar-refractivity contribution is 5.87. The fourth-order valence-electron chi connectivity index (χ4n) is 2.60. The van der Waals surface area contributed by atoms with E-state index in [4.69, 9.17) is 9.47 Å². The normalized spacial score (nSPS) is 17.0. The fourth-order valence-corrected chi connectivity index (χ4v) is 2.60. The Balaban J connectivity index is 1.83. The van der Waals surface area contributed by atoms with Crippen LogP contribution in [0, 0.1) is 0 Å². The highest BCUT2D eigenvalue weighted by Crippen LogP contribution is 2.37. The standard InChI is InChI=1S/C18H18N2O4/c1-23-15-8-12(9-16(24-2)18(15)22)11-19-20-14(10-17(20)21)13-6-4-3-5-7-13/h3-9,11,14,22H,10H2,1-2H3/b19-11-/t14-/m1/s1. The minimum absolute atomic E-state index is 0.0298. The molecule has 1 aliphatic rings.